The largest absolute Gasteiger partial charge is 0.370 e. The Morgan fingerprint density at radius 3 is 3.04 bits per heavy atom. The molecule has 1 aliphatic rings. The van der Waals surface area contributed by atoms with Crippen LogP contribution in [0.1, 0.15) is 17.7 Å². The van der Waals surface area contributed by atoms with Gasteiger partial charge in [0.05, 0.1) is 5.69 Å². The summed E-state index contributed by atoms with van der Waals surface area (Å²) in [5, 5.41) is 9.06. The molecule has 25 heavy (non-hydrogen) atoms. The molecule has 0 radical (unpaired) electrons. The van der Waals surface area contributed by atoms with E-state index >= 15 is 0 Å². The first kappa shape index (κ1) is 16.0. The maximum absolute atomic E-state index is 4.59. The second-order valence-corrected chi connectivity index (χ2v) is 6.91. The van der Waals surface area contributed by atoms with E-state index in [4.69, 9.17) is 0 Å². The van der Waals surface area contributed by atoms with Gasteiger partial charge in [-0.15, -0.1) is 0 Å². The van der Waals surface area contributed by atoms with E-state index in [1.165, 1.54) is 12.0 Å². The lowest BCUT2D eigenvalue weighted by Crippen LogP contribution is -2.22. The van der Waals surface area contributed by atoms with E-state index in [1.54, 1.807) is 0 Å². The maximum atomic E-state index is 4.59. The van der Waals surface area contributed by atoms with Crippen molar-refractivity contribution in [3.63, 3.8) is 0 Å². The Bertz CT molecular complexity index is 857. The molecule has 1 fully saturated rings. The van der Waals surface area contributed by atoms with Gasteiger partial charge in [0.1, 0.15) is 5.82 Å². The minimum Gasteiger partial charge on any atom is -0.370 e. The third kappa shape index (κ3) is 3.49. The second-order valence-electron chi connectivity index (χ2n) is 6.91. The van der Waals surface area contributed by atoms with Crippen molar-refractivity contribution < 1.29 is 0 Å². The molecule has 1 atom stereocenters. The first-order valence-corrected chi connectivity index (χ1v) is 8.84. The molecular weight excluding hydrogens is 312 g/mol. The van der Waals surface area contributed by atoms with Crippen LogP contribution in [-0.4, -0.2) is 44.3 Å². The first-order chi connectivity index (χ1) is 12.2. The third-order valence-electron chi connectivity index (χ3n) is 4.93. The summed E-state index contributed by atoms with van der Waals surface area (Å²) in [5.41, 5.74) is 3.27. The van der Waals surface area contributed by atoms with E-state index in [0.29, 0.717) is 5.92 Å². The number of rotatable bonds is 5. The van der Waals surface area contributed by atoms with Crippen molar-refractivity contribution in [2.24, 2.45) is 13.0 Å². The molecule has 3 aromatic rings. The summed E-state index contributed by atoms with van der Waals surface area (Å²) in [6, 6.07) is 8.21. The van der Waals surface area contributed by atoms with Crippen LogP contribution in [0.5, 0.6) is 0 Å². The average molecular weight is 336 g/mol. The van der Waals surface area contributed by atoms with Crippen molar-refractivity contribution in [3.8, 4) is 0 Å². The number of nitrogens with zero attached hydrogens (tertiary/aromatic N) is 5. The van der Waals surface area contributed by atoms with Crippen LogP contribution >= 0.6 is 0 Å². The zero-order chi connectivity index (χ0) is 17.2. The van der Waals surface area contributed by atoms with Crippen LogP contribution in [0.2, 0.25) is 0 Å². The number of likely N-dealkylation sites (tertiary alicyclic amines) is 1. The lowest BCUT2D eigenvalue weighted by molar-refractivity contribution is 0.318. The van der Waals surface area contributed by atoms with Gasteiger partial charge in [0.2, 0.25) is 0 Å². The molecule has 3 aromatic heterocycles. The molecule has 0 saturated carbocycles. The highest BCUT2D eigenvalue weighted by atomic mass is 15.3. The van der Waals surface area contributed by atoms with Crippen molar-refractivity contribution in [2.75, 3.05) is 25.0 Å². The van der Waals surface area contributed by atoms with Crippen LogP contribution in [0.4, 0.5) is 5.82 Å². The Kier molecular flexibility index (Phi) is 4.36. The number of aryl methyl sites for hydroxylation is 2. The van der Waals surface area contributed by atoms with Gasteiger partial charge in [-0.25, -0.2) is 9.97 Å². The molecule has 0 spiro atoms. The topological polar surface area (TPSA) is 58.9 Å². The minimum atomic E-state index is 0.666. The van der Waals surface area contributed by atoms with E-state index < -0.39 is 0 Å². The average Bonchev–Trinajstić information content (AvgIpc) is 3.18. The van der Waals surface area contributed by atoms with E-state index in [9.17, 15) is 0 Å². The van der Waals surface area contributed by atoms with Gasteiger partial charge in [0.15, 0.2) is 5.65 Å². The van der Waals surface area contributed by atoms with E-state index in [0.717, 1.165) is 48.7 Å². The Hall–Kier alpha value is -2.47. The molecule has 1 saturated heterocycles. The number of fused-ring (bicyclic) bond motifs is 1. The molecule has 0 unspecified atom stereocenters. The highest BCUT2D eigenvalue weighted by molar-refractivity contribution is 5.78. The number of nitrogens with one attached hydrogen (secondary N) is 1. The van der Waals surface area contributed by atoms with Crippen molar-refractivity contribution in [2.45, 2.75) is 19.9 Å². The number of anilines is 1. The highest BCUT2D eigenvalue weighted by Gasteiger charge is 2.22. The van der Waals surface area contributed by atoms with Crippen molar-refractivity contribution >= 4 is 16.9 Å². The normalized spacial score (nSPS) is 18.1. The molecule has 4 rings (SSSR count). The summed E-state index contributed by atoms with van der Waals surface area (Å²) in [6.45, 7) is 6.23. The van der Waals surface area contributed by atoms with Gasteiger partial charge in [-0.3, -0.25) is 9.58 Å². The Balaban J connectivity index is 1.35. The predicted octanol–water partition coefficient (Wildman–Crippen LogP) is 2.61. The number of hydrogen-bond acceptors (Lipinski definition) is 5. The molecular formula is C19H24N6. The zero-order valence-electron chi connectivity index (χ0n) is 14.8. The molecule has 1 N–H and O–H groups in total. The predicted molar refractivity (Wildman–Crippen MR) is 99.4 cm³/mol. The summed E-state index contributed by atoms with van der Waals surface area (Å²) in [7, 11) is 1.95. The molecule has 0 amide bonds. The number of hydrogen-bond donors (Lipinski definition) is 1. The maximum Gasteiger partial charge on any atom is 0.157 e. The minimum absolute atomic E-state index is 0.666. The zero-order valence-corrected chi connectivity index (χ0v) is 14.8. The summed E-state index contributed by atoms with van der Waals surface area (Å²) in [6.07, 6.45) is 5.04. The van der Waals surface area contributed by atoms with Gasteiger partial charge in [-0.05, 0) is 49.6 Å². The highest BCUT2D eigenvalue weighted by Crippen LogP contribution is 2.21. The third-order valence-corrected chi connectivity index (χ3v) is 4.93. The van der Waals surface area contributed by atoms with Crippen LogP contribution in [0, 0.1) is 12.8 Å². The second kappa shape index (κ2) is 6.80. The summed E-state index contributed by atoms with van der Waals surface area (Å²) >= 11 is 0. The number of pyridine rings is 2. The smallest absolute Gasteiger partial charge is 0.157 e. The van der Waals surface area contributed by atoms with Gasteiger partial charge in [-0.1, -0.05) is 6.07 Å². The van der Waals surface area contributed by atoms with Gasteiger partial charge in [-0.2, -0.15) is 5.10 Å². The molecule has 1 aliphatic heterocycles. The van der Waals surface area contributed by atoms with Gasteiger partial charge in [0, 0.05) is 44.5 Å². The van der Waals surface area contributed by atoms with Crippen molar-refractivity contribution in [3.05, 3.63) is 47.9 Å². The van der Waals surface area contributed by atoms with Crippen LogP contribution in [0.15, 0.2) is 36.7 Å². The SMILES string of the molecule is Cc1nn(C)c2ncc(CN3CC[C@@H](CNc4ccccn4)C3)cc12. The van der Waals surface area contributed by atoms with Crippen LogP contribution in [0.3, 0.4) is 0 Å². The lowest BCUT2D eigenvalue weighted by Gasteiger charge is -2.16. The summed E-state index contributed by atoms with van der Waals surface area (Å²) < 4.78 is 1.85. The monoisotopic (exact) mass is 336 g/mol. The summed E-state index contributed by atoms with van der Waals surface area (Å²) in [4.78, 5) is 11.4. The van der Waals surface area contributed by atoms with Crippen molar-refractivity contribution in [1.29, 1.82) is 0 Å². The van der Waals surface area contributed by atoms with E-state index in [-0.39, 0.29) is 0 Å². The fraction of sp³-hybridized carbons (Fsp3) is 0.421. The summed E-state index contributed by atoms with van der Waals surface area (Å²) in [5.74, 6) is 1.63. The van der Waals surface area contributed by atoms with Crippen LogP contribution in [0.25, 0.3) is 11.0 Å². The standard InChI is InChI=1S/C19H24N6/c1-14-17-9-16(11-22-19(17)24(2)23-14)13-25-8-6-15(12-25)10-21-18-5-3-4-7-20-18/h3-5,7,9,11,15H,6,8,10,12-13H2,1-2H3,(H,20,21)/t15-/m0/s1. The van der Waals surface area contributed by atoms with Crippen molar-refractivity contribution in [1.82, 2.24) is 24.6 Å². The molecule has 0 aliphatic carbocycles. The quantitative estimate of drug-likeness (QED) is 0.776. The fourth-order valence-corrected chi connectivity index (χ4v) is 3.64. The van der Waals surface area contributed by atoms with Gasteiger partial charge in [0.25, 0.3) is 0 Å². The molecule has 0 aromatic carbocycles. The Morgan fingerprint density at radius 1 is 1.28 bits per heavy atom. The molecule has 130 valence electrons. The van der Waals surface area contributed by atoms with Gasteiger partial charge < -0.3 is 5.32 Å². The molecule has 0 bridgehead atoms. The fourth-order valence-electron chi connectivity index (χ4n) is 3.64. The van der Waals surface area contributed by atoms with Crippen LogP contribution in [-0.2, 0) is 13.6 Å². The Labute approximate surface area is 147 Å². The number of aromatic nitrogens is 4. The van der Waals surface area contributed by atoms with Crippen LogP contribution < -0.4 is 5.32 Å². The van der Waals surface area contributed by atoms with Gasteiger partial charge >= 0.3 is 0 Å². The van der Waals surface area contributed by atoms with E-state index in [2.05, 4.69) is 31.3 Å². The molecule has 6 nitrogen and oxygen atoms in total. The lowest BCUT2D eigenvalue weighted by atomic mass is 10.1. The molecule has 6 heteroatoms. The van der Waals surface area contributed by atoms with E-state index in [1.807, 2.05) is 49.2 Å². The first-order valence-electron chi connectivity index (χ1n) is 8.84. The molecule has 4 heterocycles. The Morgan fingerprint density at radius 2 is 2.20 bits per heavy atom.